The van der Waals surface area contributed by atoms with Crippen molar-refractivity contribution in [3.8, 4) is 44.5 Å². The van der Waals surface area contributed by atoms with E-state index in [0.29, 0.717) is 0 Å². The average molecular weight is 598 g/mol. The molecule has 1 aliphatic carbocycles. The summed E-state index contributed by atoms with van der Waals surface area (Å²) in [5.41, 5.74) is 18.9. The highest BCUT2D eigenvalue weighted by molar-refractivity contribution is 6.25. The van der Waals surface area contributed by atoms with E-state index in [-0.39, 0.29) is 0 Å². The van der Waals surface area contributed by atoms with Crippen LogP contribution in [0.4, 0.5) is 0 Å². The van der Waals surface area contributed by atoms with E-state index in [2.05, 4.69) is 163 Å². The molecule has 0 N–H and O–H groups in total. The Bertz CT molecular complexity index is 2720. The summed E-state index contributed by atoms with van der Waals surface area (Å²) in [5, 5.41) is 5.17. The molecule has 0 amide bonds. The summed E-state index contributed by atoms with van der Waals surface area (Å²) in [7, 11) is 0. The van der Waals surface area contributed by atoms with Crippen molar-refractivity contribution < 1.29 is 0 Å². The number of hydrogen-bond donors (Lipinski definition) is 0. The van der Waals surface area contributed by atoms with Gasteiger partial charge in [0.2, 0.25) is 0 Å². The lowest BCUT2D eigenvalue weighted by Crippen LogP contribution is -1.93. The fraction of sp³-hybridized carbons (Fsp3) is 0.0435. The lowest BCUT2D eigenvalue weighted by molar-refractivity contribution is 1.29. The molecule has 2 bridgehead atoms. The van der Waals surface area contributed by atoms with Gasteiger partial charge in [-0.1, -0.05) is 110 Å². The molecular weight excluding hydrogens is 567 g/mol. The summed E-state index contributed by atoms with van der Waals surface area (Å²) in [6.45, 7) is 6.87. The predicted molar refractivity (Wildman–Crippen MR) is 200 cm³/mol. The number of fused-ring (bicyclic) bond motifs is 12. The molecule has 0 atom stereocenters. The van der Waals surface area contributed by atoms with Gasteiger partial charge in [0, 0.05) is 21.5 Å². The zero-order chi connectivity index (χ0) is 31.2. The molecule has 0 spiro atoms. The molecule has 1 nitrogen and oxygen atoms in total. The van der Waals surface area contributed by atoms with Gasteiger partial charge in [-0.05, 0) is 123 Å². The quantitative estimate of drug-likeness (QED) is 0.187. The summed E-state index contributed by atoms with van der Waals surface area (Å²) >= 11 is 0. The third-order valence-electron chi connectivity index (χ3n) is 10.5. The van der Waals surface area contributed by atoms with Gasteiger partial charge in [0.1, 0.15) is 0 Å². The Morgan fingerprint density at radius 2 is 1.04 bits per heavy atom. The van der Waals surface area contributed by atoms with Crippen LogP contribution in [0, 0.1) is 6.92 Å². The highest BCUT2D eigenvalue weighted by atomic mass is 14.9. The van der Waals surface area contributed by atoms with Crippen molar-refractivity contribution in [3.05, 3.63) is 169 Å². The number of allylic oxidation sites excluding steroid dienone is 1. The van der Waals surface area contributed by atoms with Gasteiger partial charge in [-0.25, -0.2) is 0 Å². The maximum Gasteiger partial charge on any atom is 0.0620 e. The van der Waals surface area contributed by atoms with Crippen LogP contribution in [-0.4, -0.2) is 4.40 Å². The van der Waals surface area contributed by atoms with Crippen LogP contribution in [0.25, 0.3) is 88.2 Å². The third kappa shape index (κ3) is 3.78. The van der Waals surface area contributed by atoms with Crippen LogP contribution in [0.2, 0.25) is 0 Å². The van der Waals surface area contributed by atoms with Crippen molar-refractivity contribution >= 4 is 43.7 Å². The van der Waals surface area contributed by atoms with E-state index in [1.807, 2.05) is 0 Å². The smallest absolute Gasteiger partial charge is 0.0620 e. The van der Waals surface area contributed by atoms with Crippen LogP contribution >= 0.6 is 0 Å². The summed E-state index contributed by atoms with van der Waals surface area (Å²) < 4.78 is 2.47. The van der Waals surface area contributed by atoms with Crippen molar-refractivity contribution in [2.75, 3.05) is 0 Å². The first-order valence-electron chi connectivity index (χ1n) is 16.4. The molecule has 0 fully saturated rings. The van der Waals surface area contributed by atoms with Crippen molar-refractivity contribution in [2.24, 2.45) is 0 Å². The summed E-state index contributed by atoms with van der Waals surface area (Å²) in [6.07, 6.45) is 0.830. The molecule has 2 aromatic heterocycles. The van der Waals surface area contributed by atoms with Gasteiger partial charge in [-0.15, -0.1) is 0 Å². The van der Waals surface area contributed by atoms with Crippen LogP contribution in [-0.2, 0) is 6.42 Å². The molecular formula is C46H31N. The normalized spacial score (nSPS) is 12.7. The van der Waals surface area contributed by atoms with E-state index in [4.69, 9.17) is 0 Å². The van der Waals surface area contributed by atoms with Gasteiger partial charge in [0.25, 0.3) is 0 Å². The van der Waals surface area contributed by atoms with E-state index in [1.54, 1.807) is 0 Å². The maximum atomic E-state index is 4.59. The monoisotopic (exact) mass is 597 g/mol. The molecule has 0 saturated carbocycles. The van der Waals surface area contributed by atoms with E-state index < -0.39 is 0 Å². The fourth-order valence-electron chi connectivity index (χ4n) is 8.21. The molecule has 220 valence electrons. The van der Waals surface area contributed by atoms with Crippen LogP contribution < -0.4 is 0 Å². The third-order valence-corrected chi connectivity index (χ3v) is 10.5. The van der Waals surface area contributed by atoms with Gasteiger partial charge >= 0.3 is 0 Å². The highest BCUT2D eigenvalue weighted by Crippen LogP contribution is 2.46. The minimum absolute atomic E-state index is 0.830. The number of para-hydroxylation sites is 1. The standard InChI is InChI=1S/C46H31N/c1-28-22-32-14-6-7-16-36(32)39-24-33(25-40(29(39)2)37-17-9-8-15-35(28)37)34-26-42-38-18-10-11-19-44(38)47-45-21-20-31(30-12-4-3-5-13-30)23-41(45)43(27-34)46(42)47/h3-21,23-27H,1,22H2,2H3. The molecule has 0 saturated heterocycles. The molecule has 0 unspecified atom stereocenters. The van der Waals surface area contributed by atoms with Crippen molar-refractivity contribution in [1.82, 2.24) is 4.40 Å². The molecule has 2 heterocycles. The van der Waals surface area contributed by atoms with Crippen molar-refractivity contribution in [3.63, 3.8) is 0 Å². The average Bonchev–Trinajstić information content (AvgIpc) is 3.63. The van der Waals surface area contributed by atoms with E-state index in [0.717, 1.165) is 12.0 Å². The number of nitrogens with zero attached hydrogens (tertiary/aromatic N) is 1. The van der Waals surface area contributed by atoms with Crippen LogP contribution in [0.3, 0.4) is 0 Å². The van der Waals surface area contributed by atoms with E-state index in [1.165, 1.54) is 99.3 Å². The van der Waals surface area contributed by atoms with Crippen LogP contribution in [0.5, 0.6) is 0 Å². The van der Waals surface area contributed by atoms with Gasteiger partial charge in [0.05, 0.1) is 16.6 Å². The minimum Gasteiger partial charge on any atom is -0.308 e. The first-order valence-corrected chi connectivity index (χ1v) is 16.4. The Labute approximate surface area is 274 Å². The largest absolute Gasteiger partial charge is 0.308 e. The predicted octanol–water partition coefficient (Wildman–Crippen LogP) is 12.4. The maximum absolute atomic E-state index is 4.59. The molecule has 0 aliphatic heterocycles. The SMILES string of the molecule is C=C1Cc2ccccc2-c2cc(-c3cc4c5ccccc5n5c6ccc(-c7ccccc7)cc6c(c3)c45)cc(c2C)-c2ccccc21. The van der Waals surface area contributed by atoms with Crippen LogP contribution in [0.1, 0.15) is 16.7 Å². The first kappa shape index (κ1) is 26.3. The Morgan fingerprint density at radius 1 is 0.447 bits per heavy atom. The number of aromatic nitrogens is 1. The summed E-state index contributed by atoms with van der Waals surface area (Å²) in [4.78, 5) is 0. The van der Waals surface area contributed by atoms with Crippen LogP contribution in [0.15, 0.2) is 152 Å². The molecule has 1 aliphatic rings. The Balaban J connectivity index is 1.32. The van der Waals surface area contributed by atoms with Crippen molar-refractivity contribution in [1.29, 1.82) is 0 Å². The van der Waals surface area contributed by atoms with Gasteiger partial charge in [0.15, 0.2) is 0 Å². The van der Waals surface area contributed by atoms with Crippen molar-refractivity contribution in [2.45, 2.75) is 13.3 Å². The van der Waals surface area contributed by atoms with Gasteiger partial charge < -0.3 is 4.40 Å². The molecule has 47 heavy (non-hydrogen) atoms. The number of hydrogen-bond acceptors (Lipinski definition) is 0. The van der Waals surface area contributed by atoms with E-state index in [9.17, 15) is 0 Å². The number of benzene rings is 7. The Hall–Kier alpha value is -5.92. The highest BCUT2D eigenvalue weighted by Gasteiger charge is 2.23. The molecule has 10 rings (SSSR count). The summed E-state index contributed by atoms with van der Waals surface area (Å²) in [6, 6.07) is 53.9. The van der Waals surface area contributed by atoms with E-state index >= 15 is 0 Å². The lowest BCUT2D eigenvalue weighted by atomic mass is 9.86. The van der Waals surface area contributed by atoms with Gasteiger partial charge in [-0.3, -0.25) is 0 Å². The first-order chi connectivity index (χ1) is 23.1. The second kappa shape index (κ2) is 9.79. The van der Waals surface area contributed by atoms with Gasteiger partial charge in [-0.2, -0.15) is 0 Å². The second-order valence-electron chi connectivity index (χ2n) is 13.0. The molecule has 7 aromatic carbocycles. The minimum atomic E-state index is 0.830. The molecule has 9 aromatic rings. The summed E-state index contributed by atoms with van der Waals surface area (Å²) in [5.74, 6) is 0. The Morgan fingerprint density at radius 3 is 1.87 bits per heavy atom. The lowest BCUT2D eigenvalue weighted by Gasteiger charge is -2.17. The number of rotatable bonds is 2. The fourth-order valence-corrected chi connectivity index (χ4v) is 8.21. The molecule has 0 radical (unpaired) electrons. The Kier molecular flexibility index (Phi) is 5.48. The zero-order valence-corrected chi connectivity index (χ0v) is 26.2. The molecule has 1 heteroatoms. The topological polar surface area (TPSA) is 4.41 Å². The zero-order valence-electron chi connectivity index (χ0n) is 26.2. The second-order valence-corrected chi connectivity index (χ2v) is 13.0.